The molecule has 0 fully saturated rings. The molecule has 0 bridgehead atoms. The molecule has 1 aliphatic carbocycles. The molecule has 0 saturated heterocycles. The van der Waals surface area contributed by atoms with Crippen LogP contribution in [0.1, 0.15) is 46.8 Å². The number of methoxy groups -OCH3 is 1. The number of carbonyl (C=O) groups is 2. The number of fused-ring (bicyclic) bond motifs is 2. The van der Waals surface area contributed by atoms with Crippen LogP contribution < -0.4 is 14.8 Å². The number of Topliss-reactive ketones (excluding diaryl/α,β-unsaturated/α-hetero) is 1. The molecule has 8 heteroatoms. The fourth-order valence-corrected chi connectivity index (χ4v) is 5.84. The van der Waals surface area contributed by atoms with Crippen molar-refractivity contribution in [3.8, 4) is 11.5 Å². The SMILES string of the molecule is CCOc1cc([C@H]2C(C(=O)OC)=C(C)NC3=C2C(=O)c2ccccc23)cc(I)c1OCc1ccc(Cl)cc1. The van der Waals surface area contributed by atoms with Crippen molar-refractivity contribution >= 4 is 51.6 Å². The molecule has 194 valence electrons. The third-order valence-corrected chi connectivity index (χ3v) is 7.67. The first-order valence-corrected chi connectivity index (χ1v) is 13.6. The summed E-state index contributed by atoms with van der Waals surface area (Å²) in [5, 5.41) is 3.97. The predicted molar refractivity (Wildman–Crippen MR) is 154 cm³/mol. The van der Waals surface area contributed by atoms with Gasteiger partial charge in [0.1, 0.15) is 6.61 Å². The van der Waals surface area contributed by atoms with Crippen LogP contribution in [-0.2, 0) is 16.1 Å². The summed E-state index contributed by atoms with van der Waals surface area (Å²) < 4.78 is 18.2. The van der Waals surface area contributed by atoms with Crippen molar-refractivity contribution in [1.82, 2.24) is 5.32 Å². The van der Waals surface area contributed by atoms with E-state index in [1.165, 1.54) is 7.11 Å². The Labute approximate surface area is 239 Å². The highest BCUT2D eigenvalue weighted by Crippen LogP contribution is 2.48. The molecule has 0 spiro atoms. The first-order chi connectivity index (χ1) is 18.3. The summed E-state index contributed by atoms with van der Waals surface area (Å²) in [5.74, 6) is -0.120. The summed E-state index contributed by atoms with van der Waals surface area (Å²) in [6.45, 7) is 4.47. The summed E-state index contributed by atoms with van der Waals surface area (Å²) in [6.07, 6.45) is 0. The van der Waals surface area contributed by atoms with Crippen molar-refractivity contribution in [3.05, 3.63) is 108 Å². The molecule has 0 amide bonds. The van der Waals surface area contributed by atoms with E-state index in [2.05, 4.69) is 27.9 Å². The maximum absolute atomic E-state index is 13.7. The number of rotatable bonds is 7. The number of carbonyl (C=O) groups excluding carboxylic acids is 2. The molecule has 1 N–H and O–H groups in total. The summed E-state index contributed by atoms with van der Waals surface area (Å²) in [4.78, 5) is 26.7. The Hall–Kier alpha value is -3.30. The van der Waals surface area contributed by atoms with Crippen molar-refractivity contribution in [2.45, 2.75) is 26.4 Å². The summed E-state index contributed by atoms with van der Waals surface area (Å²) in [5.41, 5.74) is 5.40. The fourth-order valence-electron chi connectivity index (χ4n) is 4.94. The molecule has 5 rings (SSSR count). The Balaban J connectivity index is 1.61. The van der Waals surface area contributed by atoms with Crippen LogP contribution in [-0.4, -0.2) is 25.5 Å². The molecule has 3 aromatic rings. The highest BCUT2D eigenvalue weighted by Gasteiger charge is 2.43. The van der Waals surface area contributed by atoms with Crippen molar-refractivity contribution in [2.24, 2.45) is 0 Å². The lowest BCUT2D eigenvalue weighted by atomic mass is 9.79. The lowest BCUT2D eigenvalue weighted by Crippen LogP contribution is -2.29. The first kappa shape index (κ1) is 26.3. The number of nitrogens with one attached hydrogen (secondary N) is 1. The van der Waals surface area contributed by atoms with E-state index in [-0.39, 0.29) is 5.78 Å². The van der Waals surface area contributed by atoms with Crippen molar-refractivity contribution in [2.75, 3.05) is 13.7 Å². The van der Waals surface area contributed by atoms with E-state index in [1.54, 1.807) is 0 Å². The van der Waals surface area contributed by atoms with Gasteiger partial charge >= 0.3 is 5.97 Å². The lowest BCUT2D eigenvalue weighted by Gasteiger charge is -2.29. The van der Waals surface area contributed by atoms with Gasteiger partial charge in [-0.3, -0.25) is 4.79 Å². The van der Waals surface area contributed by atoms with Crippen LogP contribution in [0.5, 0.6) is 11.5 Å². The number of esters is 1. The molecule has 38 heavy (non-hydrogen) atoms. The van der Waals surface area contributed by atoms with Gasteiger partial charge in [0.25, 0.3) is 0 Å². The summed E-state index contributed by atoms with van der Waals surface area (Å²) in [7, 11) is 1.35. The largest absolute Gasteiger partial charge is 0.490 e. The Morgan fingerprint density at radius 2 is 1.76 bits per heavy atom. The number of ketones is 1. The van der Waals surface area contributed by atoms with Crippen molar-refractivity contribution in [3.63, 3.8) is 0 Å². The van der Waals surface area contributed by atoms with Crippen LogP contribution >= 0.6 is 34.2 Å². The summed E-state index contributed by atoms with van der Waals surface area (Å²) in [6, 6.07) is 18.7. The zero-order valence-corrected chi connectivity index (χ0v) is 24.0. The van der Waals surface area contributed by atoms with Crippen LogP contribution in [0.4, 0.5) is 0 Å². The van der Waals surface area contributed by atoms with Gasteiger partial charge in [0.05, 0.1) is 28.6 Å². The van der Waals surface area contributed by atoms with E-state index in [0.717, 1.165) is 26.0 Å². The highest BCUT2D eigenvalue weighted by atomic mass is 127. The Kier molecular flexibility index (Phi) is 7.49. The number of halogens is 2. The number of benzene rings is 3. The normalized spacial score (nSPS) is 16.1. The van der Waals surface area contributed by atoms with Crippen LogP contribution in [0.2, 0.25) is 5.02 Å². The second-order valence-electron chi connectivity index (χ2n) is 8.93. The van der Waals surface area contributed by atoms with E-state index in [9.17, 15) is 9.59 Å². The molecular weight excluding hydrogens is 617 g/mol. The van der Waals surface area contributed by atoms with Gasteiger partial charge < -0.3 is 19.5 Å². The van der Waals surface area contributed by atoms with Crippen molar-refractivity contribution in [1.29, 1.82) is 0 Å². The maximum Gasteiger partial charge on any atom is 0.336 e. The van der Waals surface area contributed by atoms with Gasteiger partial charge in [-0.25, -0.2) is 4.79 Å². The van der Waals surface area contributed by atoms with E-state index < -0.39 is 11.9 Å². The number of allylic oxidation sites excluding steroid dienone is 2. The number of hydrogen-bond donors (Lipinski definition) is 1. The molecule has 1 heterocycles. The Bertz CT molecular complexity index is 1510. The molecule has 2 aliphatic rings. The smallest absolute Gasteiger partial charge is 0.336 e. The lowest BCUT2D eigenvalue weighted by molar-refractivity contribution is -0.136. The van der Waals surface area contributed by atoms with E-state index in [0.29, 0.717) is 52.1 Å². The monoisotopic (exact) mass is 641 g/mol. The molecule has 0 saturated carbocycles. The van der Waals surface area contributed by atoms with Gasteiger partial charge in [-0.15, -0.1) is 0 Å². The first-order valence-electron chi connectivity index (χ1n) is 12.1. The minimum atomic E-state index is -0.642. The summed E-state index contributed by atoms with van der Waals surface area (Å²) >= 11 is 8.22. The topological polar surface area (TPSA) is 73.9 Å². The second-order valence-corrected chi connectivity index (χ2v) is 10.5. The standard InChI is InChI=1S/C30H25ClINO5/c1-4-37-23-14-18(13-22(32)29(23)38-15-17-9-11-19(31)12-10-17)25-24(30(35)36-3)16(2)33-27-20-7-5-6-8-21(20)28(34)26(25)27/h5-14,25,33H,4,15H2,1-3H3/t25-/m0/s1. The van der Waals surface area contributed by atoms with Gasteiger partial charge in [-0.05, 0) is 71.8 Å². The molecule has 1 atom stereocenters. The molecular formula is C30H25ClINO5. The minimum Gasteiger partial charge on any atom is -0.490 e. The average Bonchev–Trinajstić information content (AvgIpc) is 3.19. The van der Waals surface area contributed by atoms with E-state index in [1.807, 2.05) is 74.5 Å². The van der Waals surface area contributed by atoms with Crippen LogP contribution in [0.3, 0.4) is 0 Å². The van der Waals surface area contributed by atoms with Crippen LogP contribution in [0, 0.1) is 3.57 Å². The van der Waals surface area contributed by atoms with Crippen molar-refractivity contribution < 1.29 is 23.8 Å². The zero-order chi connectivity index (χ0) is 27.0. The molecule has 0 unspecified atom stereocenters. The molecule has 1 aliphatic heterocycles. The quantitative estimate of drug-likeness (QED) is 0.230. The van der Waals surface area contributed by atoms with Gasteiger partial charge in [0.15, 0.2) is 17.3 Å². The minimum absolute atomic E-state index is 0.113. The fraction of sp³-hybridized carbons (Fsp3) is 0.200. The third kappa shape index (κ3) is 4.69. The number of ether oxygens (including phenoxy) is 3. The Morgan fingerprint density at radius 1 is 1.05 bits per heavy atom. The molecule has 6 nitrogen and oxygen atoms in total. The number of dihydropyridines is 1. The van der Waals surface area contributed by atoms with Crippen LogP contribution in [0.15, 0.2) is 77.5 Å². The van der Waals surface area contributed by atoms with Gasteiger partial charge in [0, 0.05) is 33.3 Å². The Morgan fingerprint density at radius 3 is 2.45 bits per heavy atom. The van der Waals surface area contributed by atoms with Gasteiger partial charge in [0.2, 0.25) is 0 Å². The highest BCUT2D eigenvalue weighted by molar-refractivity contribution is 14.1. The zero-order valence-electron chi connectivity index (χ0n) is 21.1. The average molecular weight is 642 g/mol. The maximum atomic E-state index is 13.7. The van der Waals surface area contributed by atoms with E-state index >= 15 is 0 Å². The van der Waals surface area contributed by atoms with Gasteiger partial charge in [-0.2, -0.15) is 0 Å². The van der Waals surface area contributed by atoms with E-state index in [4.69, 9.17) is 25.8 Å². The molecule has 0 aromatic heterocycles. The third-order valence-electron chi connectivity index (χ3n) is 6.62. The van der Waals surface area contributed by atoms with Crippen LogP contribution in [0.25, 0.3) is 5.70 Å². The molecule has 3 aromatic carbocycles. The predicted octanol–water partition coefficient (Wildman–Crippen LogP) is 6.66. The number of hydrogen-bond acceptors (Lipinski definition) is 6. The molecule has 0 radical (unpaired) electrons. The van der Waals surface area contributed by atoms with Gasteiger partial charge in [-0.1, -0.05) is 48.0 Å². The second kappa shape index (κ2) is 10.8.